The standard InChI is InChI=1S/C8H7NO2/c1-2-3-4-5-7(6-9)8(10)11/h2-5H,1H2,(H,10,11). The van der Waals surface area contributed by atoms with Crippen LogP contribution < -0.4 is 0 Å². The van der Waals surface area contributed by atoms with E-state index < -0.39 is 5.97 Å². The summed E-state index contributed by atoms with van der Waals surface area (Å²) in [4.78, 5) is 10.2. The summed E-state index contributed by atoms with van der Waals surface area (Å²) in [5.74, 6) is -1.22. The molecule has 0 unspecified atom stereocenters. The number of aliphatic carboxylic acids is 1. The van der Waals surface area contributed by atoms with Crippen molar-refractivity contribution in [3.8, 4) is 6.07 Å². The van der Waals surface area contributed by atoms with Crippen molar-refractivity contribution < 1.29 is 9.90 Å². The van der Waals surface area contributed by atoms with Crippen LogP contribution >= 0.6 is 0 Å². The molecule has 11 heavy (non-hydrogen) atoms. The lowest BCUT2D eigenvalue weighted by molar-refractivity contribution is -0.132. The Morgan fingerprint density at radius 1 is 1.55 bits per heavy atom. The highest BCUT2D eigenvalue weighted by molar-refractivity contribution is 5.91. The molecule has 0 aromatic carbocycles. The van der Waals surface area contributed by atoms with Gasteiger partial charge in [-0.2, -0.15) is 5.26 Å². The number of carbonyl (C=O) groups is 1. The predicted octanol–water partition coefficient (Wildman–Crippen LogP) is 1.26. The highest BCUT2D eigenvalue weighted by atomic mass is 16.4. The maximum Gasteiger partial charge on any atom is 0.346 e. The second-order valence-corrected chi connectivity index (χ2v) is 1.62. The molecule has 0 bridgehead atoms. The molecular formula is C8H7NO2. The fraction of sp³-hybridized carbons (Fsp3) is 0. The van der Waals surface area contributed by atoms with Crippen LogP contribution in [0.4, 0.5) is 0 Å². The van der Waals surface area contributed by atoms with Gasteiger partial charge in [0.05, 0.1) is 0 Å². The van der Waals surface area contributed by atoms with Gasteiger partial charge in [-0.1, -0.05) is 24.8 Å². The summed E-state index contributed by atoms with van der Waals surface area (Å²) in [6.07, 6.45) is 5.69. The molecule has 56 valence electrons. The third kappa shape index (κ3) is 3.71. The van der Waals surface area contributed by atoms with Crippen molar-refractivity contribution in [2.75, 3.05) is 0 Å². The quantitative estimate of drug-likeness (QED) is 0.373. The summed E-state index contributed by atoms with van der Waals surface area (Å²) in [7, 11) is 0. The van der Waals surface area contributed by atoms with Gasteiger partial charge in [-0.3, -0.25) is 0 Å². The Bertz CT molecular complexity index is 256. The van der Waals surface area contributed by atoms with E-state index in [4.69, 9.17) is 10.4 Å². The van der Waals surface area contributed by atoms with Gasteiger partial charge in [0.25, 0.3) is 0 Å². The number of carboxylic acids is 1. The molecule has 0 atom stereocenters. The minimum atomic E-state index is -1.22. The molecule has 1 N–H and O–H groups in total. The van der Waals surface area contributed by atoms with E-state index >= 15 is 0 Å². The van der Waals surface area contributed by atoms with Crippen molar-refractivity contribution in [1.82, 2.24) is 0 Å². The molecule has 0 aromatic rings. The highest BCUT2D eigenvalue weighted by Crippen LogP contribution is 1.92. The van der Waals surface area contributed by atoms with E-state index in [1.54, 1.807) is 6.08 Å². The van der Waals surface area contributed by atoms with Crippen LogP contribution in [0, 0.1) is 11.3 Å². The maximum atomic E-state index is 10.2. The van der Waals surface area contributed by atoms with Crippen molar-refractivity contribution in [2.24, 2.45) is 0 Å². The summed E-state index contributed by atoms with van der Waals surface area (Å²) in [5.41, 5.74) is -0.289. The molecule has 0 radical (unpaired) electrons. The average Bonchev–Trinajstić information content (AvgIpc) is 1.97. The average molecular weight is 149 g/mol. The van der Waals surface area contributed by atoms with Gasteiger partial charge in [0.2, 0.25) is 0 Å². The van der Waals surface area contributed by atoms with Gasteiger partial charge < -0.3 is 5.11 Å². The summed E-state index contributed by atoms with van der Waals surface area (Å²) < 4.78 is 0. The van der Waals surface area contributed by atoms with Crippen LogP contribution in [0.15, 0.2) is 36.5 Å². The zero-order chi connectivity index (χ0) is 8.69. The minimum Gasteiger partial charge on any atom is -0.477 e. The number of carboxylic acid groups (broad SMARTS) is 1. The first kappa shape index (κ1) is 9.18. The van der Waals surface area contributed by atoms with E-state index in [0.717, 1.165) is 0 Å². The van der Waals surface area contributed by atoms with Crippen LogP contribution in [0.5, 0.6) is 0 Å². The Hall–Kier alpha value is -1.82. The van der Waals surface area contributed by atoms with Gasteiger partial charge in [-0.15, -0.1) is 0 Å². The van der Waals surface area contributed by atoms with Gasteiger partial charge in [0.1, 0.15) is 11.6 Å². The lowest BCUT2D eigenvalue weighted by atomic mass is 10.2. The molecular weight excluding hydrogens is 142 g/mol. The van der Waals surface area contributed by atoms with Crippen LogP contribution in [-0.2, 0) is 4.79 Å². The summed E-state index contributed by atoms with van der Waals surface area (Å²) in [6.45, 7) is 3.38. The lowest BCUT2D eigenvalue weighted by Gasteiger charge is -1.83. The molecule has 0 spiro atoms. The molecule has 0 fully saturated rings. The van der Waals surface area contributed by atoms with Gasteiger partial charge in [-0.25, -0.2) is 4.79 Å². The Kier molecular flexibility index (Phi) is 4.18. The first-order chi connectivity index (χ1) is 5.22. The normalized spacial score (nSPS) is 11.0. The van der Waals surface area contributed by atoms with Crippen LogP contribution in [0.3, 0.4) is 0 Å². The number of hydrogen-bond acceptors (Lipinski definition) is 2. The van der Waals surface area contributed by atoms with Crippen molar-refractivity contribution >= 4 is 5.97 Å². The zero-order valence-corrected chi connectivity index (χ0v) is 5.82. The van der Waals surface area contributed by atoms with Crippen LogP contribution in [0.25, 0.3) is 0 Å². The van der Waals surface area contributed by atoms with Crippen molar-refractivity contribution in [3.05, 3.63) is 36.5 Å². The number of allylic oxidation sites excluding steroid dienone is 4. The SMILES string of the molecule is C=CC=CC=C(C#N)C(=O)O. The van der Waals surface area contributed by atoms with E-state index in [1.807, 2.05) is 0 Å². The smallest absolute Gasteiger partial charge is 0.346 e. The summed E-state index contributed by atoms with van der Waals surface area (Å²) in [5, 5.41) is 16.6. The van der Waals surface area contributed by atoms with Crippen molar-refractivity contribution in [1.29, 1.82) is 5.26 Å². The van der Waals surface area contributed by atoms with E-state index in [0.29, 0.717) is 0 Å². The molecule has 0 aliphatic rings. The van der Waals surface area contributed by atoms with E-state index in [2.05, 4.69) is 6.58 Å². The van der Waals surface area contributed by atoms with Gasteiger partial charge in [0, 0.05) is 0 Å². The third-order valence-electron chi connectivity index (χ3n) is 0.861. The third-order valence-corrected chi connectivity index (χ3v) is 0.861. The second-order valence-electron chi connectivity index (χ2n) is 1.62. The minimum absolute atomic E-state index is 0.289. The molecule has 0 aliphatic heterocycles. The van der Waals surface area contributed by atoms with Crippen LogP contribution in [0.2, 0.25) is 0 Å². The molecule has 0 rings (SSSR count). The maximum absolute atomic E-state index is 10.2. The molecule has 0 saturated heterocycles. The Labute approximate surface area is 64.6 Å². The lowest BCUT2D eigenvalue weighted by Crippen LogP contribution is -1.96. The number of rotatable bonds is 3. The molecule has 3 heteroatoms. The number of nitrogens with zero attached hydrogens (tertiary/aromatic N) is 1. The monoisotopic (exact) mass is 149 g/mol. The van der Waals surface area contributed by atoms with E-state index in [-0.39, 0.29) is 5.57 Å². The van der Waals surface area contributed by atoms with Gasteiger partial charge in [0.15, 0.2) is 0 Å². The number of nitriles is 1. The molecule has 0 amide bonds. The van der Waals surface area contributed by atoms with Crippen LogP contribution in [0.1, 0.15) is 0 Å². The second kappa shape index (κ2) is 5.00. The fourth-order valence-electron chi connectivity index (χ4n) is 0.387. The zero-order valence-electron chi connectivity index (χ0n) is 5.82. The Balaban J connectivity index is 4.39. The summed E-state index contributed by atoms with van der Waals surface area (Å²) in [6, 6.07) is 1.54. The molecule has 0 aliphatic carbocycles. The molecule has 0 aromatic heterocycles. The van der Waals surface area contributed by atoms with Crippen molar-refractivity contribution in [3.63, 3.8) is 0 Å². The first-order valence-electron chi connectivity index (χ1n) is 2.85. The highest BCUT2D eigenvalue weighted by Gasteiger charge is 2.01. The molecule has 0 heterocycles. The van der Waals surface area contributed by atoms with E-state index in [9.17, 15) is 4.79 Å². The van der Waals surface area contributed by atoms with Gasteiger partial charge >= 0.3 is 5.97 Å². The summed E-state index contributed by atoms with van der Waals surface area (Å²) >= 11 is 0. The molecule has 3 nitrogen and oxygen atoms in total. The largest absolute Gasteiger partial charge is 0.477 e. The predicted molar refractivity (Wildman–Crippen MR) is 40.7 cm³/mol. The Morgan fingerprint density at radius 3 is 2.55 bits per heavy atom. The fourth-order valence-corrected chi connectivity index (χ4v) is 0.387. The number of hydrogen-bond donors (Lipinski definition) is 1. The first-order valence-corrected chi connectivity index (χ1v) is 2.85. The Morgan fingerprint density at radius 2 is 2.18 bits per heavy atom. The van der Waals surface area contributed by atoms with Crippen LogP contribution in [-0.4, -0.2) is 11.1 Å². The van der Waals surface area contributed by atoms with Gasteiger partial charge in [-0.05, 0) is 6.08 Å². The molecule has 0 saturated carbocycles. The topological polar surface area (TPSA) is 61.1 Å². The van der Waals surface area contributed by atoms with E-state index in [1.165, 1.54) is 24.3 Å². The van der Waals surface area contributed by atoms with Crippen molar-refractivity contribution in [2.45, 2.75) is 0 Å².